The van der Waals surface area contributed by atoms with E-state index in [1.165, 1.54) is 28.6 Å². The molecular formula is C27H27ClN2O5S. The normalized spacial score (nSPS) is 13.3. The van der Waals surface area contributed by atoms with Gasteiger partial charge in [-0.15, -0.1) is 6.58 Å². The van der Waals surface area contributed by atoms with Gasteiger partial charge in [0.25, 0.3) is 10.0 Å². The molecule has 2 aromatic carbocycles. The van der Waals surface area contributed by atoms with Crippen LogP contribution in [0.1, 0.15) is 51.0 Å². The largest absolute Gasteiger partial charge is 0.454 e. The Labute approximate surface area is 216 Å². The van der Waals surface area contributed by atoms with Crippen molar-refractivity contribution in [1.82, 2.24) is 4.57 Å². The van der Waals surface area contributed by atoms with Crippen molar-refractivity contribution in [2.75, 3.05) is 17.5 Å². The molecule has 1 aromatic heterocycles. The second kappa shape index (κ2) is 10.3. The average molecular weight is 527 g/mol. The number of ether oxygens (including phenoxy) is 1. The number of halogens is 1. The van der Waals surface area contributed by atoms with Gasteiger partial charge in [-0.3, -0.25) is 9.10 Å². The smallest absolute Gasteiger partial charge is 0.340 e. The molecule has 0 N–H and O–H groups in total. The van der Waals surface area contributed by atoms with Crippen molar-refractivity contribution < 1.29 is 22.7 Å². The van der Waals surface area contributed by atoms with Crippen LogP contribution in [-0.2, 0) is 14.8 Å². The number of aromatic nitrogens is 1. The average Bonchev–Trinajstić information content (AvgIpc) is 3.65. The summed E-state index contributed by atoms with van der Waals surface area (Å²) in [5.74, 6) is -1.21. The maximum absolute atomic E-state index is 13.4. The zero-order valence-electron chi connectivity index (χ0n) is 20.1. The molecule has 0 saturated heterocycles. The predicted octanol–water partition coefficient (Wildman–Crippen LogP) is 5.51. The molecule has 1 aliphatic carbocycles. The first-order valence-corrected chi connectivity index (χ1v) is 13.3. The third kappa shape index (κ3) is 5.10. The lowest BCUT2D eigenvalue weighted by molar-refractivity contribution is 0.0474. The van der Waals surface area contributed by atoms with Crippen LogP contribution < -0.4 is 4.31 Å². The highest BCUT2D eigenvalue weighted by molar-refractivity contribution is 7.92. The fraction of sp³-hybridized carbons (Fsp3) is 0.259. The van der Waals surface area contributed by atoms with Crippen molar-refractivity contribution in [2.45, 2.75) is 37.6 Å². The summed E-state index contributed by atoms with van der Waals surface area (Å²) in [7, 11) is -4.05. The summed E-state index contributed by atoms with van der Waals surface area (Å²) in [6.07, 6.45) is 3.65. The maximum atomic E-state index is 13.4. The van der Waals surface area contributed by atoms with Gasteiger partial charge in [-0.25, -0.2) is 13.2 Å². The second-order valence-electron chi connectivity index (χ2n) is 8.69. The minimum atomic E-state index is -4.05. The number of rotatable bonds is 10. The molecule has 0 aliphatic heterocycles. The minimum absolute atomic E-state index is 0.0216. The van der Waals surface area contributed by atoms with Crippen LogP contribution in [0.25, 0.3) is 0 Å². The highest BCUT2D eigenvalue weighted by atomic mass is 35.5. The van der Waals surface area contributed by atoms with Crippen molar-refractivity contribution in [3.63, 3.8) is 0 Å². The van der Waals surface area contributed by atoms with Gasteiger partial charge in [-0.05, 0) is 63.1 Å². The second-order valence-corrected chi connectivity index (χ2v) is 11.0. The molecule has 1 fully saturated rings. The van der Waals surface area contributed by atoms with Crippen LogP contribution in [0.3, 0.4) is 0 Å². The van der Waals surface area contributed by atoms with Gasteiger partial charge in [0.1, 0.15) is 0 Å². The number of para-hydroxylation sites is 1. The van der Waals surface area contributed by atoms with Gasteiger partial charge in [0.15, 0.2) is 6.61 Å². The van der Waals surface area contributed by atoms with Crippen molar-refractivity contribution in [3.05, 3.63) is 94.8 Å². The third-order valence-corrected chi connectivity index (χ3v) is 8.24. The fourth-order valence-corrected chi connectivity index (χ4v) is 5.90. The molecule has 0 spiro atoms. The van der Waals surface area contributed by atoms with Crippen LogP contribution in [0, 0.1) is 13.8 Å². The summed E-state index contributed by atoms with van der Waals surface area (Å²) in [6, 6.07) is 14.6. The number of carbonyl (C=O) groups is 2. The van der Waals surface area contributed by atoms with E-state index in [4.69, 9.17) is 16.3 Å². The molecular weight excluding hydrogens is 500 g/mol. The molecule has 4 rings (SSSR count). The summed E-state index contributed by atoms with van der Waals surface area (Å²) in [5, 5.41) is 0.0216. The summed E-state index contributed by atoms with van der Waals surface area (Å²) in [5.41, 5.74) is 2.67. The predicted molar refractivity (Wildman–Crippen MR) is 139 cm³/mol. The minimum Gasteiger partial charge on any atom is -0.454 e. The fourth-order valence-electron chi connectivity index (χ4n) is 4.24. The van der Waals surface area contributed by atoms with Gasteiger partial charge in [0, 0.05) is 23.0 Å². The lowest BCUT2D eigenvalue weighted by Gasteiger charge is -2.23. The molecule has 1 heterocycles. The Bertz CT molecular complexity index is 1430. The third-order valence-electron chi connectivity index (χ3n) is 6.12. The Morgan fingerprint density at radius 2 is 1.81 bits per heavy atom. The quantitative estimate of drug-likeness (QED) is 0.197. The van der Waals surface area contributed by atoms with Gasteiger partial charge in [0.05, 0.1) is 27.7 Å². The topological polar surface area (TPSA) is 85.7 Å². The number of sulfonamides is 1. The number of benzene rings is 2. The van der Waals surface area contributed by atoms with E-state index in [9.17, 15) is 18.0 Å². The van der Waals surface area contributed by atoms with E-state index in [0.717, 1.165) is 24.2 Å². The Balaban J connectivity index is 1.54. The lowest BCUT2D eigenvalue weighted by atomic mass is 10.1. The number of nitrogens with zero attached hydrogens (tertiary/aromatic N) is 2. The van der Waals surface area contributed by atoms with Crippen molar-refractivity contribution in [1.29, 1.82) is 0 Å². The van der Waals surface area contributed by atoms with Gasteiger partial charge >= 0.3 is 5.97 Å². The number of hydrogen-bond acceptors (Lipinski definition) is 5. The molecule has 1 saturated carbocycles. The molecule has 9 heteroatoms. The van der Waals surface area contributed by atoms with Crippen LogP contribution in [0.5, 0.6) is 0 Å². The van der Waals surface area contributed by atoms with Crippen molar-refractivity contribution in [3.8, 4) is 0 Å². The molecule has 7 nitrogen and oxygen atoms in total. The number of Topliss-reactive ketones (excluding diaryl/α,β-unsaturated/α-hetero) is 1. The van der Waals surface area contributed by atoms with Gasteiger partial charge in [-0.2, -0.15) is 0 Å². The van der Waals surface area contributed by atoms with E-state index in [1.807, 2.05) is 19.9 Å². The van der Waals surface area contributed by atoms with Gasteiger partial charge in [-0.1, -0.05) is 35.9 Å². The molecule has 0 amide bonds. The molecule has 188 valence electrons. The number of aryl methyl sites for hydroxylation is 1. The highest BCUT2D eigenvalue weighted by Crippen LogP contribution is 2.38. The van der Waals surface area contributed by atoms with E-state index in [-0.39, 0.29) is 27.8 Å². The number of ketones is 1. The van der Waals surface area contributed by atoms with Gasteiger partial charge in [0.2, 0.25) is 5.78 Å². The SMILES string of the molecule is C=CCN(c1ccccc1)S(=O)(=O)c1ccc(Cl)c(C(=O)OCC(=O)c2cc(C)n(C3CC3)c2C)c1. The van der Waals surface area contributed by atoms with E-state index in [0.29, 0.717) is 17.3 Å². The van der Waals surface area contributed by atoms with E-state index in [2.05, 4.69) is 11.1 Å². The van der Waals surface area contributed by atoms with Crippen LogP contribution in [-0.4, -0.2) is 37.9 Å². The standard InChI is InChI=1S/C27H27ClN2O5S/c1-4-14-29(20-8-6-5-7-9-20)36(33,34)22-12-13-25(28)24(16-22)27(32)35-17-26(31)23-15-18(2)30(19(23)3)21-10-11-21/h4-9,12-13,15-16,21H,1,10-11,14,17H2,2-3H3. The molecule has 36 heavy (non-hydrogen) atoms. The molecule has 3 aromatic rings. The van der Waals surface area contributed by atoms with Crippen LogP contribution in [0.15, 0.2) is 72.1 Å². The Morgan fingerprint density at radius 3 is 2.44 bits per heavy atom. The van der Waals surface area contributed by atoms with Gasteiger partial charge < -0.3 is 9.30 Å². The monoisotopic (exact) mass is 526 g/mol. The van der Waals surface area contributed by atoms with Crippen LogP contribution in [0.4, 0.5) is 5.69 Å². The zero-order chi connectivity index (χ0) is 26.0. The zero-order valence-corrected chi connectivity index (χ0v) is 21.7. The van der Waals surface area contributed by atoms with E-state index in [1.54, 1.807) is 30.3 Å². The first-order chi connectivity index (χ1) is 17.1. The Kier molecular flexibility index (Phi) is 7.38. The van der Waals surface area contributed by atoms with Crippen LogP contribution in [0.2, 0.25) is 5.02 Å². The van der Waals surface area contributed by atoms with E-state index >= 15 is 0 Å². The lowest BCUT2D eigenvalue weighted by Crippen LogP contribution is -2.31. The molecule has 0 unspecified atom stereocenters. The van der Waals surface area contributed by atoms with Crippen LogP contribution >= 0.6 is 11.6 Å². The Morgan fingerprint density at radius 1 is 1.11 bits per heavy atom. The van der Waals surface area contributed by atoms with E-state index < -0.39 is 22.6 Å². The molecule has 1 aliphatic rings. The number of esters is 1. The van der Waals surface area contributed by atoms with Crippen molar-refractivity contribution in [2.24, 2.45) is 0 Å². The highest BCUT2D eigenvalue weighted by Gasteiger charge is 2.29. The molecule has 0 radical (unpaired) electrons. The maximum Gasteiger partial charge on any atom is 0.340 e. The van der Waals surface area contributed by atoms with Crippen molar-refractivity contribution >= 4 is 39.1 Å². The number of anilines is 1. The molecule has 0 atom stereocenters. The first kappa shape index (κ1) is 25.7. The summed E-state index contributed by atoms with van der Waals surface area (Å²) < 4.78 is 35.4. The number of hydrogen-bond donors (Lipinski definition) is 0. The Hall–Kier alpha value is -3.36. The summed E-state index contributed by atoms with van der Waals surface area (Å²) in [4.78, 5) is 25.5. The number of carbonyl (C=O) groups excluding carboxylic acids is 2. The summed E-state index contributed by atoms with van der Waals surface area (Å²) in [6.45, 7) is 7.03. The summed E-state index contributed by atoms with van der Waals surface area (Å²) >= 11 is 6.21. The molecule has 0 bridgehead atoms. The first-order valence-electron chi connectivity index (χ1n) is 11.5.